The van der Waals surface area contributed by atoms with Gasteiger partial charge >= 0.3 is 5.97 Å². The first kappa shape index (κ1) is 15.2. The Hall–Kier alpha value is -1.18. The van der Waals surface area contributed by atoms with Crippen molar-refractivity contribution < 1.29 is 29.0 Å². The first-order valence-electron chi connectivity index (χ1n) is 6.94. The smallest absolute Gasteiger partial charge is 0.371 e. The summed E-state index contributed by atoms with van der Waals surface area (Å²) in [5.41, 5.74) is 2.78. The van der Waals surface area contributed by atoms with Crippen LogP contribution in [0.3, 0.4) is 0 Å². The van der Waals surface area contributed by atoms with Crippen LogP contribution >= 0.6 is 0 Å². The van der Waals surface area contributed by atoms with Gasteiger partial charge in [0.15, 0.2) is 0 Å². The fraction of sp³-hybridized carbons (Fsp3) is 0.846. The highest BCUT2D eigenvalue weighted by molar-refractivity contribution is 5.80. The molecule has 0 aromatic rings. The fourth-order valence-corrected chi connectivity index (χ4v) is 2.77. The van der Waals surface area contributed by atoms with Crippen molar-refractivity contribution in [3.8, 4) is 0 Å². The molecule has 0 amide bonds. The number of hydrogen-bond donors (Lipinski definition) is 2. The zero-order valence-corrected chi connectivity index (χ0v) is 11.8. The predicted octanol–water partition coefficient (Wildman–Crippen LogP) is 1.32. The summed E-state index contributed by atoms with van der Waals surface area (Å²) >= 11 is 0. The standard InChI is InChI=1S/C11H17NO4.C2H4O2/c1-8-7-11(16-12-8)9(13)14-10(15-11)5-3-2-4-6-10;1-2(3)4/h8,12H,2-7H2,1H3;1H3,(H,3,4). The molecule has 0 aromatic heterocycles. The van der Waals surface area contributed by atoms with Crippen molar-refractivity contribution in [3.63, 3.8) is 0 Å². The Morgan fingerprint density at radius 1 is 1.35 bits per heavy atom. The number of carboxylic acid groups (broad SMARTS) is 1. The minimum atomic E-state index is -1.18. The van der Waals surface area contributed by atoms with Gasteiger partial charge < -0.3 is 9.84 Å². The molecule has 2 unspecified atom stereocenters. The predicted molar refractivity (Wildman–Crippen MR) is 67.3 cm³/mol. The van der Waals surface area contributed by atoms with Crippen LogP contribution in [0, 0.1) is 0 Å². The highest BCUT2D eigenvalue weighted by Crippen LogP contribution is 2.45. The lowest BCUT2D eigenvalue weighted by atomic mass is 9.94. The van der Waals surface area contributed by atoms with Crippen molar-refractivity contribution in [1.29, 1.82) is 0 Å². The van der Waals surface area contributed by atoms with Crippen molar-refractivity contribution in [1.82, 2.24) is 5.48 Å². The molecule has 0 aromatic carbocycles. The molecule has 2 N–H and O–H groups in total. The van der Waals surface area contributed by atoms with Gasteiger partial charge in [0.25, 0.3) is 11.8 Å². The molecule has 0 radical (unpaired) electrons. The molecule has 0 bridgehead atoms. The van der Waals surface area contributed by atoms with Gasteiger partial charge in [0.05, 0.1) is 0 Å². The third kappa shape index (κ3) is 3.11. The number of nitrogens with one attached hydrogen (secondary N) is 1. The van der Waals surface area contributed by atoms with Crippen LogP contribution in [0.2, 0.25) is 0 Å². The number of hydroxylamine groups is 1. The molecule has 2 atom stereocenters. The van der Waals surface area contributed by atoms with Crippen LogP contribution in [0.25, 0.3) is 0 Å². The van der Waals surface area contributed by atoms with Crippen molar-refractivity contribution in [2.24, 2.45) is 0 Å². The lowest BCUT2D eigenvalue weighted by Crippen LogP contribution is -2.39. The minimum Gasteiger partial charge on any atom is -0.481 e. The molecule has 3 aliphatic rings. The van der Waals surface area contributed by atoms with E-state index in [0.717, 1.165) is 32.6 Å². The van der Waals surface area contributed by atoms with E-state index < -0.39 is 17.5 Å². The van der Waals surface area contributed by atoms with E-state index in [1.54, 1.807) is 0 Å². The zero-order chi connectivity index (χ0) is 14.8. The molecule has 3 fully saturated rings. The lowest BCUT2D eigenvalue weighted by Gasteiger charge is -2.31. The summed E-state index contributed by atoms with van der Waals surface area (Å²) < 4.78 is 11.3. The minimum absolute atomic E-state index is 0.117. The molecule has 20 heavy (non-hydrogen) atoms. The summed E-state index contributed by atoms with van der Waals surface area (Å²) in [7, 11) is 0. The van der Waals surface area contributed by atoms with Gasteiger partial charge in [-0.3, -0.25) is 14.4 Å². The van der Waals surface area contributed by atoms with Gasteiger partial charge in [-0.2, -0.15) is 5.48 Å². The van der Waals surface area contributed by atoms with Crippen LogP contribution in [0.1, 0.15) is 52.4 Å². The number of hydrogen-bond acceptors (Lipinski definition) is 6. The molecule has 7 heteroatoms. The summed E-state index contributed by atoms with van der Waals surface area (Å²) in [6.45, 7) is 3.04. The summed E-state index contributed by atoms with van der Waals surface area (Å²) in [6.07, 6.45) is 5.38. The van der Waals surface area contributed by atoms with Crippen molar-refractivity contribution in [3.05, 3.63) is 0 Å². The van der Waals surface area contributed by atoms with E-state index >= 15 is 0 Å². The van der Waals surface area contributed by atoms with Crippen LogP contribution in [-0.2, 0) is 23.9 Å². The molecule has 114 valence electrons. The van der Waals surface area contributed by atoms with Crippen LogP contribution in [0.15, 0.2) is 0 Å². The SMILES string of the molecule is CC(=O)O.CC1CC2(ON1)OC1(CCCCC1)OC2=O. The molecule has 2 heterocycles. The molecule has 1 saturated carbocycles. The number of carbonyl (C=O) groups excluding carboxylic acids is 1. The second-order valence-corrected chi connectivity index (χ2v) is 5.56. The van der Waals surface area contributed by atoms with E-state index in [4.69, 9.17) is 24.2 Å². The van der Waals surface area contributed by atoms with Crippen molar-refractivity contribution in [2.75, 3.05) is 0 Å². The average Bonchev–Trinajstić information content (AvgIpc) is 2.82. The fourth-order valence-electron chi connectivity index (χ4n) is 2.77. The Morgan fingerprint density at radius 2 is 1.95 bits per heavy atom. The normalized spacial score (nSPS) is 34.7. The van der Waals surface area contributed by atoms with Gasteiger partial charge in [-0.05, 0) is 19.8 Å². The van der Waals surface area contributed by atoms with E-state index in [2.05, 4.69) is 5.48 Å². The first-order chi connectivity index (χ1) is 9.38. The first-order valence-corrected chi connectivity index (χ1v) is 6.94. The van der Waals surface area contributed by atoms with Gasteiger partial charge in [0.2, 0.25) is 5.79 Å². The molecule has 3 rings (SSSR count). The van der Waals surface area contributed by atoms with Gasteiger partial charge in [-0.25, -0.2) is 4.79 Å². The van der Waals surface area contributed by atoms with Gasteiger partial charge in [-0.1, -0.05) is 6.42 Å². The number of esters is 1. The van der Waals surface area contributed by atoms with Crippen LogP contribution in [0.4, 0.5) is 0 Å². The Kier molecular flexibility index (Phi) is 4.31. The van der Waals surface area contributed by atoms with Crippen molar-refractivity contribution in [2.45, 2.75) is 70.0 Å². The molecule has 2 aliphatic heterocycles. The maximum Gasteiger partial charge on any atom is 0.371 e. The van der Waals surface area contributed by atoms with E-state index in [0.29, 0.717) is 6.42 Å². The molecule has 2 spiro atoms. The third-order valence-corrected chi connectivity index (χ3v) is 3.56. The lowest BCUT2D eigenvalue weighted by molar-refractivity contribution is -0.270. The number of ether oxygens (including phenoxy) is 2. The van der Waals surface area contributed by atoms with Gasteiger partial charge in [0, 0.05) is 32.2 Å². The van der Waals surface area contributed by atoms with E-state index in [1.165, 1.54) is 6.42 Å². The maximum atomic E-state index is 11.9. The Balaban J connectivity index is 0.000000328. The molecular formula is C13H21NO6. The second kappa shape index (κ2) is 5.67. The average molecular weight is 287 g/mol. The highest BCUT2D eigenvalue weighted by Gasteiger charge is 2.62. The quantitative estimate of drug-likeness (QED) is 0.649. The maximum absolute atomic E-state index is 11.9. The number of aliphatic carboxylic acids is 1. The summed E-state index contributed by atoms with van der Waals surface area (Å²) in [5.74, 6) is -3.09. The number of carbonyl (C=O) groups is 2. The number of carboxylic acids is 1. The summed E-state index contributed by atoms with van der Waals surface area (Å²) in [4.78, 5) is 26.2. The largest absolute Gasteiger partial charge is 0.481 e. The van der Waals surface area contributed by atoms with E-state index in [1.807, 2.05) is 6.92 Å². The Morgan fingerprint density at radius 3 is 2.45 bits per heavy atom. The monoisotopic (exact) mass is 287 g/mol. The van der Waals surface area contributed by atoms with Gasteiger partial charge in [0.1, 0.15) is 0 Å². The third-order valence-electron chi connectivity index (χ3n) is 3.56. The second-order valence-electron chi connectivity index (χ2n) is 5.56. The van der Waals surface area contributed by atoms with E-state index in [9.17, 15) is 4.79 Å². The Bertz CT molecular complexity index is 388. The van der Waals surface area contributed by atoms with E-state index in [-0.39, 0.29) is 12.0 Å². The molecule has 2 saturated heterocycles. The topological polar surface area (TPSA) is 94.1 Å². The Labute approximate surface area is 117 Å². The van der Waals surface area contributed by atoms with Crippen LogP contribution in [-0.4, -0.2) is 34.7 Å². The zero-order valence-electron chi connectivity index (χ0n) is 11.8. The van der Waals surface area contributed by atoms with Crippen LogP contribution in [0.5, 0.6) is 0 Å². The molecule has 1 aliphatic carbocycles. The van der Waals surface area contributed by atoms with Crippen molar-refractivity contribution >= 4 is 11.9 Å². The van der Waals surface area contributed by atoms with Gasteiger partial charge in [-0.15, -0.1) is 0 Å². The molecule has 7 nitrogen and oxygen atoms in total. The summed E-state index contributed by atoms with van der Waals surface area (Å²) in [5, 5.41) is 7.42. The van der Waals surface area contributed by atoms with Crippen LogP contribution < -0.4 is 5.48 Å². The summed E-state index contributed by atoms with van der Waals surface area (Å²) in [6, 6.07) is 0.117. The molecular weight excluding hydrogens is 266 g/mol. The highest BCUT2D eigenvalue weighted by atomic mass is 16.9. The number of rotatable bonds is 0.